The van der Waals surface area contributed by atoms with Gasteiger partial charge in [-0.1, -0.05) is 12.1 Å². The average Bonchev–Trinajstić information content (AvgIpc) is 3.04. The summed E-state index contributed by atoms with van der Waals surface area (Å²) >= 11 is 0. The van der Waals surface area contributed by atoms with Crippen molar-refractivity contribution in [1.82, 2.24) is 25.1 Å². The van der Waals surface area contributed by atoms with Crippen LogP contribution in [0, 0.1) is 6.92 Å². The summed E-state index contributed by atoms with van der Waals surface area (Å²) in [5.41, 5.74) is 3.93. The monoisotopic (exact) mass is 281 g/mol. The van der Waals surface area contributed by atoms with Gasteiger partial charge in [-0.2, -0.15) is 5.10 Å². The number of nitrogens with zero attached hydrogens (tertiary/aromatic N) is 3. The summed E-state index contributed by atoms with van der Waals surface area (Å²) in [6.45, 7) is 3.99. The minimum Gasteiger partial charge on any atom is -0.310 e. The molecule has 4 rings (SSSR count). The first kappa shape index (κ1) is 12.3. The summed E-state index contributed by atoms with van der Waals surface area (Å²) in [5, 5.41) is 8.13. The van der Waals surface area contributed by atoms with Gasteiger partial charge in [0.05, 0.1) is 23.0 Å². The van der Waals surface area contributed by atoms with Crippen LogP contribution in [-0.2, 0) is 19.6 Å². The molecule has 3 aromatic rings. The Morgan fingerprint density at radius 3 is 3.14 bits per heavy atom. The van der Waals surface area contributed by atoms with Crippen LogP contribution in [0.5, 0.6) is 0 Å². The van der Waals surface area contributed by atoms with E-state index < -0.39 is 0 Å². The molecule has 0 fully saturated rings. The number of rotatable bonds is 2. The molecule has 0 radical (unpaired) electrons. The molecule has 0 unspecified atom stereocenters. The van der Waals surface area contributed by atoms with Gasteiger partial charge in [0.2, 0.25) is 0 Å². The lowest BCUT2D eigenvalue weighted by atomic mass is 10.1. The molecule has 0 saturated carbocycles. The zero-order valence-corrected chi connectivity index (χ0v) is 11.7. The lowest BCUT2D eigenvalue weighted by Gasteiger charge is -2.14. The van der Waals surface area contributed by atoms with Gasteiger partial charge in [0, 0.05) is 25.0 Å². The lowest BCUT2D eigenvalue weighted by Crippen LogP contribution is -2.18. The Bertz CT molecular complexity index is 879. The molecule has 1 aliphatic heterocycles. The number of aryl methyl sites for hydroxylation is 1. The number of hydrogen-bond acceptors (Lipinski definition) is 4. The molecule has 21 heavy (non-hydrogen) atoms. The molecule has 3 heterocycles. The maximum atomic E-state index is 11.9. The number of nitrogens with one attached hydrogen (secondary N) is 2. The number of fused-ring (bicyclic) bond motifs is 2. The van der Waals surface area contributed by atoms with Gasteiger partial charge in [-0.3, -0.25) is 14.8 Å². The molecule has 6 heteroatoms. The predicted molar refractivity (Wildman–Crippen MR) is 78.6 cm³/mol. The Morgan fingerprint density at radius 1 is 1.33 bits per heavy atom. The molecule has 1 aliphatic rings. The second-order valence-corrected chi connectivity index (χ2v) is 5.51. The zero-order chi connectivity index (χ0) is 14.4. The van der Waals surface area contributed by atoms with Crippen LogP contribution in [0.3, 0.4) is 0 Å². The van der Waals surface area contributed by atoms with Crippen LogP contribution in [0.1, 0.15) is 22.6 Å². The summed E-state index contributed by atoms with van der Waals surface area (Å²) in [7, 11) is 0. The van der Waals surface area contributed by atoms with E-state index in [-0.39, 0.29) is 5.56 Å². The largest absolute Gasteiger partial charge is 0.310 e. The number of hydrogen-bond donors (Lipinski definition) is 2. The number of H-pyrrole nitrogens is 2. The average molecular weight is 281 g/mol. The summed E-state index contributed by atoms with van der Waals surface area (Å²) < 4.78 is 0. The number of benzene rings is 1. The van der Waals surface area contributed by atoms with Gasteiger partial charge in [-0.15, -0.1) is 0 Å². The Morgan fingerprint density at radius 2 is 2.24 bits per heavy atom. The Hall–Kier alpha value is -2.47. The minimum absolute atomic E-state index is 0.0102. The van der Waals surface area contributed by atoms with Crippen LogP contribution in [-0.4, -0.2) is 25.1 Å². The molecule has 6 nitrogen and oxygen atoms in total. The molecule has 0 spiro atoms. The van der Waals surface area contributed by atoms with Crippen molar-refractivity contribution in [3.8, 4) is 0 Å². The van der Waals surface area contributed by atoms with E-state index in [2.05, 4.69) is 43.3 Å². The van der Waals surface area contributed by atoms with Crippen molar-refractivity contribution < 1.29 is 0 Å². The van der Waals surface area contributed by atoms with Crippen molar-refractivity contribution in [2.24, 2.45) is 0 Å². The third kappa shape index (κ3) is 2.13. The Labute approximate surface area is 120 Å². The molecule has 2 aromatic heterocycles. The van der Waals surface area contributed by atoms with E-state index in [0.717, 1.165) is 35.2 Å². The van der Waals surface area contributed by atoms with Crippen LogP contribution in [0.2, 0.25) is 0 Å². The molecular formula is C15H15N5O. The quantitative estimate of drug-likeness (QED) is 0.745. The van der Waals surface area contributed by atoms with E-state index in [1.54, 1.807) is 0 Å². The number of aromatic nitrogens is 4. The highest BCUT2D eigenvalue weighted by molar-refractivity contribution is 5.78. The molecule has 106 valence electrons. The summed E-state index contributed by atoms with van der Waals surface area (Å²) in [4.78, 5) is 21.4. The first-order valence-corrected chi connectivity index (χ1v) is 6.92. The minimum atomic E-state index is -0.0102. The van der Waals surface area contributed by atoms with Crippen molar-refractivity contribution in [3.05, 3.63) is 57.4 Å². The van der Waals surface area contributed by atoms with Crippen molar-refractivity contribution >= 4 is 10.9 Å². The van der Waals surface area contributed by atoms with Gasteiger partial charge in [0.1, 0.15) is 5.82 Å². The van der Waals surface area contributed by atoms with E-state index in [1.165, 1.54) is 5.56 Å². The molecule has 0 amide bonds. The van der Waals surface area contributed by atoms with Crippen LogP contribution in [0.25, 0.3) is 10.9 Å². The van der Waals surface area contributed by atoms with E-state index >= 15 is 0 Å². The first-order chi connectivity index (χ1) is 10.2. The highest BCUT2D eigenvalue weighted by Crippen LogP contribution is 2.21. The standard InChI is InChI=1S/C15H15N5O/c1-9-17-14-8-20(7-12(14)15(21)18-9)6-10-2-3-11-5-16-19-13(11)4-10/h2-5H,6-8H2,1H3,(H,16,19)(H,17,18,21). The van der Waals surface area contributed by atoms with E-state index in [0.29, 0.717) is 12.4 Å². The van der Waals surface area contributed by atoms with Gasteiger partial charge in [-0.25, -0.2) is 4.98 Å². The predicted octanol–water partition coefficient (Wildman–Crippen LogP) is 1.47. The number of aromatic amines is 2. The van der Waals surface area contributed by atoms with E-state index in [1.807, 2.05) is 13.1 Å². The molecule has 0 saturated heterocycles. The third-order valence-corrected chi connectivity index (χ3v) is 3.89. The van der Waals surface area contributed by atoms with Gasteiger partial charge < -0.3 is 4.98 Å². The fourth-order valence-electron chi connectivity index (χ4n) is 2.91. The van der Waals surface area contributed by atoms with Crippen LogP contribution >= 0.6 is 0 Å². The topological polar surface area (TPSA) is 77.7 Å². The van der Waals surface area contributed by atoms with E-state index in [4.69, 9.17) is 0 Å². The van der Waals surface area contributed by atoms with Crippen molar-refractivity contribution in [1.29, 1.82) is 0 Å². The van der Waals surface area contributed by atoms with Crippen LogP contribution in [0.4, 0.5) is 0 Å². The second kappa shape index (κ2) is 4.53. The second-order valence-electron chi connectivity index (χ2n) is 5.51. The van der Waals surface area contributed by atoms with Crippen molar-refractivity contribution in [2.75, 3.05) is 0 Å². The fourth-order valence-corrected chi connectivity index (χ4v) is 2.91. The molecule has 2 N–H and O–H groups in total. The maximum Gasteiger partial charge on any atom is 0.255 e. The molecule has 0 atom stereocenters. The summed E-state index contributed by atoms with van der Waals surface area (Å²) in [6, 6.07) is 6.27. The normalized spacial score (nSPS) is 14.7. The van der Waals surface area contributed by atoms with Gasteiger partial charge in [0.25, 0.3) is 5.56 Å². The van der Waals surface area contributed by atoms with Crippen LogP contribution < -0.4 is 5.56 Å². The lowest BCUT2D eigenvalue weighted by molar-refractivity contribution is 0.273. The van der Waals surface area contributed by atoms with Gasteiger partial charge in [0.15, 0.2) is 0 Å². The third-order valence-electron chi connectivity index (χ3n) is 3.89. The molecule has 0 bridgehead atoms. The van der Waals surface area contributed by atoms with Crippen molar-refractivity contribution in [3.63, 3.8) is 0 Å². The van der Waals surface area contributed by atoms with Crippen molar-refractivity contribution in [2.45, 2.75) is 26.6 Å². The molecule has 0 aliphatic carbocycles. The zero-order valence-electron chi connectivity index (χ0n) is 11.7. The Kier molecular flexibility index (Phi) is 2.65. The Balaban J connectivity index is 1.59. The first-order valence-electron chi connectivity index (χ1n) is 6.92. The molecule has 1 aromatic carbocycles. The van der Waals surface area contributed by atoms with Gasteiger partial charge >= 0.3 is 0 Å². The molecular weight excluding hydrogens is 266 g/mol. The fraction of sp³-hybridized carbons (Fsp3) is 0.267. The summed E-state index contributed by atoms with van der Waals surface area (Å²) in [5.74, 6) is 0.680. The van der Waals surface area contributed by atoms with Crippen LogP contribution in [0.15, 0.2) is 29.2 Å². The SMILES string of the molecule is Cc1nc2c(c(=O)[nH]1)CN(Cc1ccc3cn[nH]c3c1)C2. The van der Waals surface area contributed by atoms with E-state index in [9.17, 15) is 4.79 Å². The summed E-state index contributed by atoms with van der Waals surface area (Å²) in [6.07, 6.45) is 1.82. The smallest absolute Gasteiger partial charge is 0.255 e. The maximum absolute atomic E-state index is 11.9. The van der Waals surface area contributed by atoms with Gasteiger partial charge in [-0.05, 0) is 18.6 Å². The highest BCUT2D eigenvalue weighted by atomic mass is 16.1. The highest BCUT2D eigenvalue weighted by Gasteiger charge is 2.23.